The zero-order valence-corrected chi connectivity index (χ0v) is 12.5. The lowest BCUT2D eigenvalue weighted by Crippen LogP contribution is -2.46. The number of aryl methyl sites for hydroxylation is 2. The van der Waals surface area contributed by atoms with E-state index in [4.69, 9.17) is 0 Å². The normalized spacial score (nSPS) is 20.8. The summed E-state index contributed by atoms with van der Waals surface area (Å²) in [5.41, 5.74) is 0.703. The first-order valence-corrected chi connectivity index (χ1v) is 8.39. The maximum Gasteiger partial charge on any atom is 0.262 e. The van der Waals surface area contributed by atoms with Crippen molar-refractivity contribution in [3.63, 3.8) is 0 Å². The largest absolute Gasteiger partial charge is 0.333 e. The Balaban J connectivity index is 1.74. The Morgan fingerprint density at radius 3 is 2.60 bits per heavy atom. The summed E-state index contributed by atoms with van der Waals surface area (Å²) in [4.78, 5) is 14.6. The van der Waals surface area contributed by atoms with Gasteiger partial charge in [-0.25, -0.2) is 0 Å². The van der Waals surface area contributed by atoms with Gasteiger partial charge in [0.05, 0.1) is 10.9 Å². The molecule has 1 saturated carbocycles. The van der Waals surface area contributed by atoms with Gasteiger partial charge in [-0.1, -0.05) is 25.7 Å². The smallest absolute Gasteiger partial charge is 0.262 e. The minimum absolute atomic E-state index is 0.0483. The Hall–Kier alpha value is -1.34. The van der Waals surface area contributed by atoms with Crippen LogP contribution in [0.4, 0.5) is 0 Å². The highest BCUT2D eigenvalue weighted by atomic mass is 32.1. The summed E-state index contributed by atoms with van der Waals surface area (Å²) in [5, 5.41) is 12.6. The van der Waals surface area contributed by atoms with Gasteiger partial charge in [0.25, 0.3) is 5.91 Å². The minimum Gasteiger partial charge on any atom is -0.333 e. The molecule has 0 bridgehead atoms. The van der Waals surface area contributed by atoms with Crippen LogP contribution in [0.3, 0.4) is 0 Å². The molecule has 0 radical (unpaired) electrons. The molecule has 0 saturated heterocycles. The number of carbonyl (C=O) groups excluding carboxylic acids is 1. The lowest BCUT2D eigenvalue weighted by molar-refractivity contribution is 0.0917. The predicted molar refractivity (Wildman–Crippen MR) is 79.9 cm³/mol. The van der Waals surface area contributed by atoms with Crippen LogP contribution >= 0.6 is 11.3 Å². The van der Waals surface area contributed by atoms with Gasteiger partial charge >= 0.3 is 0 Å². The molecule has 1 aromatic rings. The molecular weight excluding hydrogens is 268 g/mol. The third kappa shape index (κ3) is 2.60. The second-order valence-electron chi connectivity index (χ2n) is 5.97. The van der Waals surface area contributed by atoms with Gasteiger partial charge in [0.2, 0.25) is 0 Å². The van der Waals surface area contributed by atoms with Crippen LogP contribution in [0, 0.1) is 11.3 Å². The van der Waals surface area contributed by atoms with Crippen LogP contribution in [0.2, 0.25) is 0 Å². The highest BCUT2D eigenvalue weighted by molar-refractivity contribution is 7.14. The molecule has 106 valence electrons. The molecule has 1 aromatic heterocycles. The number of hydrogen-bond acceptors (Lipinski definition) is 3. The summed E-state index contributed by atoms with van der Waals surface area (Å²) < 4.78 is 0. The fourth-order valence-corrected chi connectivity index (χ4v) is 4.47. The van der Waals surface area contributed by atoms with E-state index in [-0.39, 0.29) is 5.91 Å². The average molecular weight is 288 g/mol. The van der Waals surface area contributed by atoms with Crippen molar-refractivity contribution >= 4 is 17.2 Å². The standard InChI is InChI=1S/C16H20N2OS/c17-11-16(8-3-1-2-4-9-16)18-15(19)14-10-12-6-5-7-13(12)20-14/h10H,1-9H2,(H,18,19). The van der Waals surface area contributed by atoms with Crippen molar-refractivity contribution in [1.82, 2.24) is 5.32 Å². The van der Waals surface area contributed by atoms with Crippen molar-refractivity contribution in [1.29, 1.82) is 5.26 Å². The molecule has 0 aromatic carbocycles. The summed E-state index contributed by atoms with van der Waals surface area (Å²) in [7, 11) is 0. The van der Waals surface area contributed by atoms with Crippen molar-refractivity contribution in [2.75, 3.05) is 0 Å². The molecule has 0 unspecified atom stereocenters. The number of rotatable bonds is 2. The number of amides is 1. The van der Waals surface area contributed by atoms with Crippen LogP contribution in [0.25, 0.3) is 0 Å². The first-order chi connectivity index (χ1) is 9.72. The molecule has 0 spiro atoms. The maximum absolute atomic E-state index is 12.4. The summed E-state index contributed by atoms with van der Waals surface area (Å²) in [6.07, 6.45) is 9.42. The number of fused-ring (bicyclic) bond motifs is 1. The first-order valence-electron chi connectivity index (χ1n) is 7.58. The van der Waals surface area contributed by atoms with Crippen molar-refractivity contribution in [2.45, 2.75) is 63.3 Å². The summed E-state index contributed by atoms with van der Waals surface area (Å²) >= 11 is 1.61. The van der Waals surface area contributed by atoms with E-state index in [9.17, 15) is 10.1 Å². The van der Waals surface area contributed by atoms with Gasteiger partial charge in [-0.3, -0.25) is 4.79 Å². The van der Waals surface area contributed by atoms with Crippen LogP contribution in [0.15, 0.2) is 6.07 Å². The molecule has 2 aliphatic rings. The molecule has 4 heteroatoms. The van der Waals surface area contributed by atoms with E-state index in [0.29, 0.717) is 0 Å². The number of carbonyl (C=O) groups is 1. The highest BCUT2D eigenvalue weighted by Crippen LogP contribution is 2.32. The van der Waals surface area contributed by atoms with E-state index < -0.39 is 5.54 Å². The minimum atomic E-state index is -0.637. The molecular formula is C16H20N2OS. The number of nitriles is 1. The van der Waals surface area contributed by atoms with E-state index in [1.54, 1.807) is 11.3 Å². The second-order valence-corrected chi connectivity index (χ2v) is 7.11. The zero-order chi connectivity index (χ0) is 14.0. The maximum atomic E-state index is 12.4. The lowest BCUT2D eigenvalue weighted by atomic mass is 9.92. The Labute approximate surface area is 124 Å². The van der Waals surface area contributed by atoms with E-state index in [1.807, 2.05) is 6.07 Å². The molecule has 1 amide bonds. The van der Waals surface area contributed by atoms with Crippen molar-refractivity contribution in [3.8, 4) is 6.07 Å². The van der Waals surface area contributed by atoms with E-state index >= 15 is 0 Å². The van der Waals surface area contributed by atoms with Crippen molar-refractivity contribution < 1.29 is 4.79 Å². The Morgan fingerprint density at radius 1 is 1.20 bits per heavy atom. The van der Waals surface area contributed by atoms with Gasteiger partial charge in [-0.15, -0.1) is 11.3 Å². The van der Waals surface area contributed by atoms with Gasteiger partial charge in [-0.05, 0) is 43.7 Å². The van der Waals surface area contributed by atoms with Gasteiger partial charge < -0.3 is 5.32 Å². The number of thiophene rings is 1. The Kier molecular flexibility index (Phi) is 3.80. The Morgan fingerprint density at radius 2 is 1.95 bits per heavy atom. The first kappa shape index (κ1) is 13.6. The molecule has 3 rings (SSSR count). The van der Waals surface area contributed by atoms with Gasteiger partial charge in [0.1, 0.15) is 5.54 Å². The van der Waals surface area contributed by atoms with Crippen LogP contribution in [-0.2, 0) is 12.8 Å². The molecule has 20 heavy (non-hydrogen) atoms. The third-order valence-electron chi connectivity index (χ3n) is 4.49. The molecule has 1 fully saturated rings. The summed E-state index contributed by atoms with van der Waals surface area (Å²) in [6, 6.07) is 4.41. The second kappa shape index (κ2) is 5.57. The number of hydrogen-bond donors (Lipinski definition) is 1. The van der Waals surface area contributed by atoms with Crippen LogP contribution in [0.1, 0.15) is 65.1 Å². The number of nitrogens with one attached hydrogen (secondary N) is 1. The molecule has 0 aliphatic heterocycles. The molecule has 1 N–H and O–H groups in total. The monoisotopic (exact) mass is 288 g/mol. The molecule has 1 heterocycles. The lowest BCUT2D eigenvalue weighted by Gasteiger charge is -2.25. The van der Waals surface area contributed by atoms with Gasteiger partial charge in [-0.2, -0.15) is 5.26 Å². The third-order valence-corrected chi connectivity index (χ3v) is 5.73. The van der Waals surface area contributed by atoms with Crippen LogP contribution < -0.4 is 5.32 Å². The summed E-state index contributed by atoms with van der Waals surface area (Å²) in [6.45, 7) is 0. The molecule has 2 aliphatic carbocycles. The molecule has 0 atom stereocenters. The Bertz CT molecular complexity index is 526. The predicted octanol–water partition coefficient (Wildman–Crippen LogP) is 3.58. The fraction of sp³-hybridized carbons (Fsp3) is 0.625. The fourth-order valence-electron chi connectivity index (χ4n) is 3.32. The van der Waals surface area contributed by atoms with Crippen molar-refractivity contribution in [3.05, 3.63) is 21.4 Å². The highest BCUT2D eigenvalue weighted by Gasteiger charge is 2.33. The van der Waals surface area contributed by atoms with E-state index in [2.05, 4.69) is 11.4 Å². The van der Waals surface area contributed by atoms with Gasteiger partial charge in [0.15, 0.2) is 0 Å². The number of nitrogens with zero attached hydrogens (tertiary/aromatic N) is 1. The quantitative estimate of drug-likeness (QED) is 0.846. The van der Waals surface area contributed by atoms with E-state index in [0.717, 1.165) is 43.4 Å². The average Bonchev–Trinajstić information content (AvgIpc) is 2.96. The topological polar surface area (TPSA) is 52.9 Å². The molecule has 3 nitrogen and oxygen atoms in total. The van der Waals surface area contributed by atoms with Crippen LogP contribution in [-0.4, -0.2) is 11.4 Å². The van der Waals surface area contributed by atoms with Crippen LogP contribution in [0.5, 0.6) is 0 Å². The SMILES string of the molecule is N#CC1(NC(=O)c2cc3c(s2)CCC3)CCCCCC1. The van der Waals surface area contributed by atoms with E-state index in [1.165, 1.54) is 29.7 Å². The van der Waals surface area contributed by atoms with Gasteiger partial charge in [0, 0.05) is 4.88 Å². The van der Waals surface area contributed by atoms with Crippen molar-refractivity contribution in [2.24, 2.45) is 0 Å². The zero-order valence-electron chi connectivity index (χ0n) is 11.7. The summed E-state index contributed by atoms with van der Waals surface area (Å²) in [5.74, 6) is -0.0483.